The second-order valence-corrected chi connectivity index (χ2v) is 4.11. The Morgan fingerprint density at radius 2 is 1.76 bits per heavy atom. The van der Waals surface area contributed by atoms with E-state index in [9.17, 15) is 4.79 Å². The van der Waals surface area contributed by atoms with Crippen LogP contribution in [0.15, 0.2) is 48.5 Å². The van der Waals surface area contributed by atoms with Crippen LogP contribution in [0.25, 0.3) is 21.7 Å². The Bertz CT molecular complexity index is 731. The third-order valence-corrected chi connectivity index (χ3v) is 2.96. The van der Waals surface area contributed by atoms with Crippen molar-refractivity contribution in [3.8, 4) is 0 Å². The van der Waals surface area contributed by atoms with Gasteiger partial charge in [-0.05, 0) is 29.0 Å². The van der Waals surface area contributed by atoms with Crippen LogP contribution in [-0.4, -0.2) is 10.8 Å². The SMILES string of the molecule is CC(=O)c1ccc2c(ccc3ccccc32)n1. The predicted molar refractivity (Wildman–Crippen MR) is 69.3 cm³/mol. The van der Waals surface area contributed by atoms with Crippen molar-refractivity contribution < 1.29 is 4.79 Å². The molecule has 0 atom stereocenters. The summed E-state index contributed by atoms with van der Waals surface area (Å²) in [6.45, 7) is 1.54. The maximum atomic E-state index is 11.3. The third kappa shape index (κ3) is 1.58. The van der Waals surface area contributed by atoms with Gasteiger partial charge in [0.1, 0.15) is 5.69 Å². The minimum absolute atomic E-state index is 0.0000543. The van der Waals surface area contributed by atoms with E-state index in [1.807, 2.05) is 30.3 Å². The fourth-order valence-electron chi connectivity index (χ4n) is 2.08. The van der Waals surface area contributed by atoms with Crippen molar-refractivity contribution in [2.24, 2.45) is 0 Å². The fourth-order valence-corrected chi connectivity index (χ4v) is 2.08. The van der Waals surface area contributed by atoms with Crippen molar-refractivity contribution in [2.75, 3.05) is 0 Å². The average Bonchev–Trinajstić information content (AvgIpc) is 2.38. The maximum Gasteiger partial charge on any atom is 0.178 e. The van der Waals surface area contributed by atoms with E-state index in [1.54, 1.807) is 6.07 Å². The number of pyridine rings is 1. The van der Waals surface area contributed by atoms with Crippen LogP contribution in [0.3, 0.4) is 0 Å². The number of hydrogen-bond acceptors (Lipinski definition) is 2. The third-order valence-electron chi connectivity index (χ3n) is 2.96. The summed E-state index contributed by atoms with van der Waals surface area (Å²) in [7, 11) is 0. The van der Waals surface area contributed by atoms with Gasteiger partial charge in [0.25, 0.3) is 0 Å². The van der Waals surface area contributed by atoms with Gasteiger partial charge in [0.05, 0.1) is 5.52 Å². The molecule has 0 fully saturated rings. The van der Waals surface area contributed by atoms with Gasteiger partial charge in [0.15, 0.2) is 5.78 Å². The first-order chi connectivity index (χ1) is 8.25. The summed E-state index contributed by atoms with van der Waals surface area (Å²) in [4.78, 5) is 15.7. The van der Waals surface area contributed by atoms with Crippen LogP contribution in [0.2, 0.25) is 0 Å². The number of ketones is 1. The monoisotopic (exact) mass is 221 g/mol. The lowest BCUT2D eigenvalue weighted by molar-refractivity contribution is 0.101. The van der Waals surface area contributed by atoms with E-state index in [2.05, 4.69) is 17.1 Å². The molecule has 0 saturated heterocycles. The van der Waals surface area contributed by atoms with E-state index in [0.717, 1.165) is 10.9 Å². The van der Waals surface area contributed by atoms with Gasteiger partial charge < -0.3 is 0 Å². The average molecular weight is 221 g/mol. The van der Waals surface area contributed by atoms with E-state index in [4.69, 9.17) is 0 Å². The van der Waals surface area contributed by atoms with E-state index >= 15 is 0 Å². The summed E-state index contributed by atoms with van der Waals surface area (Å²) in [5.41, 5.74) is 1.39. The largest absolute Gasteiger partial charge is 0.293 e. The molecule has 0 spiro atoms. The fraction of sp³-hybridized carbons (Fsp3) is 0.0667. The van der Waals surface area contributed by atoms with Gasteiger partial charge in [-0.15, -0.1) is 0 Å². The van der Waals surface area contributed by atoms with Gasteiger partial charge in [-0.1, -0.05) is 30.3 Å². The Morgan fingerprint density at radius 1 is 0.941 bits per heavy atom. The van der Waals surface area contributed by atoms with Crippen molar-refractivity contribution in [1.29, 1.82) is 0 Å². The van der Waals surface area contributed by atoms with E-state index in [1.165, 1.54) is 17.7 Å². The Hall–Kier alpha value is -2.22. The van der Waals surface area contributed by atoms with Crippen molar-refractivity contribution in [3.63, 3.8) is 0 Å². The molecule has 0 saturated carbocycles. The first kappa shape index (κ1) is 9.97. The highest BCUT2D eigenvalue weighted by Crippen LogP contribution is 2.24. The van der Waals surface area contributed by atoms with Crippen LogP contribution in [0.5, 0.6) is 0 Å². The van der Waals surface area contributed by atoms with Crippen molar-refractivity contribution in [1.82, 2.24) is 4.98 Å². The summed E-state index contributed by atoms with van der Waals surface area (Å²) in [6.07, 6.45) is 0. The number of fused-ring (bicyclic) bond motifs is 3. The molecule has 3 aromatic rings. The molecule has 0 aliphatic heterocycles. The summed E-state index contributed by atoms with van der Waals surface area (Å²) in [6, 6.07) is 15.9. The highest BCUT2D eigenvalue weighted by atomic mass is 16.1. The molecule has 2 nitrogen and oxygen atoms in total. The van der Waals surface area contributed by atoms with Crippen LogP contribution in [0, 0.1) is 0 Å². The molecule has 82 valence electrons. The number of carbonyl (C=O) groups is 1. The highest BCUT2D eigenvalue weighted by Gasteiger charge is 2.04. The summed E-state index contributed by atoms with van der Waals surface area (Å²) >= 11 is 0. The zero-order valence-corrected chi connectivity index (χ0v) is 9.47. The number of Topliss-reactive ketones (excluding diaryl/α,β-unsaturated/α-hetero) is 1. The molecule has 2 heteroatoms. The van der Waals surface area contributed by atoms with E-state index in [-0.39, 0.29) is 5.78 Å². The molecule has 1 aromatic heterocycles. The zero-order chi connectivity index (χ0) is 11.8. The molecular weight excluding hydrogens is 210 g/mol. The molecule has 17 heavy (non-hydrogen) atoms. The lowest BCUT2D eigenvalue weighted by Gasteiger charge is -2.04. The number of benzene rings is 2. The number of rotatable bonds is 1. The van der Waals surface area contributed by atoms with Gasteiger partial charge in [-0.3, -0.25) is 4.79 Å². The van der Waals surface area contributed by atoms with Crippen LogP contribution in [0.4, 0.5) is 0 Å². The number of aromatic nitrogens is 1. The van der Waals surface area contributed by atoms with Gasteiger partial charge >= 0.3 is 0 Å². The Labute approximate surface area is 98.9 Å². The molecule has 0 unspecified atom stereocenters. The van der Waals surface area contributed by atoms with Gasteiger partial charge in [0, 0.05) is 12.3 Å². The number of hydrogen-bond donors (Lipinski definition) is 0. The smallest absolute Gasteiger partial charge is 0.178 e. The standard InChI is InChI=1S/C15H11NO/c1-10(17)14-9-7-13-12-5-3-2-4-11(12)6-8-15(13)16-14/h2-9H,1H3. The van der Waals surface area contributed by atoms with Gasteiger partial charge in [-0.2, -0.15) is 0 Å². The minimum atomic E-state index is 0.0000543. The lowest BCUT2D eigenvalue weighted by atomic mass is 10.0. The molecule has 1 heterocycles. The maximum absolute atomic E-state index is 11.3. The van der Waals surface area contributed by atoms with E-state index in [0.29, 0.717) is 5.69 Å². The molecule has 0 amide bonds. The van der Waals surface area contributed by atoms with Crippen LogP contribution < -0.4 is 0 Å². The summed E-state index contributed by atoms with van der Waals surface area (Å²) in [5, 5.41) is 3.46. The molecule has 0 N–H and O–H groups in total. The molecule has 0 aliphatic carbocycles. The molecular formula is C15H11NO. The number of nitrogens with zero attached hydrogens (tertiary/aromatic N) is 1. The molecule has 3 rings (SSSR count). The minimum Gasteiger partial charge on any atom is -0.293 e. The lowest BCUT2D eigenvalue weighted by Crippen LogP contribution is -1.96. The summed E-state index contributed by atoms with van der Waals surface area (Å²) in [5.74, 6) is 0.0000543. The van der Waals surface area contributed by atoms with Crippen LogP contribution in [-0.2, 0) is 0 Å². The zero-order valence-electron chi connectivity index (χ0n) is 9.47. The van der Waals surface area contributed by atoms with Crippen molar-refractivity contribution in [2.45, 2.75) is 6.92 Å². The Kier molecular flexibility index (Phi) is 2.15. The van der Waals surface area contributed by atoms with Gasteiger partial charge in [-0.25, -0.2) is 4.98 Å². The second kappa shape index (κ2) is 3.67. The summed E-state index contributed by atoms with van der Waals surface area (Å²) < 4.78 is 0. The molecule has 0 bridgehead atoms. The van der Waals surface area contributed by atoms with Crippen molar-refractivity contribution >= 4 is 27.5 Å². The van der Waals surface area contributed by atoms with Gasteiger partial charge in [0.2, 0.25) is 0 Å². The first-order valence-electron chi connectivity index (χ1n) is 5.55. The normalized spacial score (nSPS) is 10.9. The predicted octanol–water partition coefficient (Wildman–Crippen LogP) is 3.59. The quantitative estimate of drug-likeness (QED) is 0.464. The first-order valence-corrected chi connectivity index (χ1v) is 5.55. The molecule has 0 aliphatic rings. The second-order valence-electron chi connectivity index (χ2n) is 4.11. The Morgan fingerprint density at radius 3 is 2.59 bits per heavy atom. The number of carbonyl (C=O) groups excluding carboxylic acids is 1. The van der Waals surface area contributed by atoms with Crippen molar-refractivity contribution in [3.05, 3.63) is 54.2 Å². The van der Waals surface area contributed by atoms with Crippen LogP contribution >= 0.6 is 0 Å². The highest BCUT2D eigenvalue weighted by molar-refractivity contribution is 6.07. The Balaban J connectivity index is 2.41. The van der Waals surface area contributed by atoms with Crippen LogP contribution in [0.1, 0.15) is 17.4 Å². The van der Waals surface area contributed by atoms with E-state index < -0.39 is 0 Å². The molecule has 0 radical (unpaired) electrons. The molecule has 2 aromatic carbocycles. The topological polar surface area (TPSA) is 30.0 Å².